The highest BCUT2D eigenvalue weighted by Crippen LogP contribution is 2.27. The molecule has 0 aromatic carbocycles. The van der Waals surface area contributed by atoms with Crippen LogP contribution in [0.2, 0.25) is 0 Å². The zero-order valence-corrected chi connectivity index (χ0v) is 17.1. The normalized spacial score (nSPS) is 36.0. The lowest BCUT2D eigenvalue weighted by molar-refractivity contribution is -0.165. The van der Waals surface area contributed by atoms with Crippen LogP contribution in [0, 0.1) is 0 Å². The first kappa shape index (κ1) is 25.2. The summed E-state index contributed by atoms with van der Waals surface area (Å²) in [7, 11) is 0. The Morgan fingerprint density at radius 1 is 0.793 bits per heavy atom. The van der Waals surface area contributed by atoms with E-state index in [-0.39, 0.29) is 19.3 Å². The zero-order valence-electron chi connectivity index (χ0n) is 17.1. The van der Waals surface area contributed by atoms with E-state index in [9.17, 15) is 14.4 Å². The van der Waals surface area contributed by atoms with Gasteiger partial charge in [-0.3, -0.25) is 14.4 Å². The van der Waals surface area contributed by atoms with Crippen LogP contribution in [-0.4, -0.2) is 95.3 Å². The van der Waals surface area contributed by atoms with E-state index in [0.717, 1.165) is 0 Å². The molecule has 29 heavy (non-hydrogen) atoms. The zero-order chi connectivity index (χ0) is 22.3. The van der Waals surface area contributed by atoms with Crippen LogP contribution in [0.4, 0.5) is 0 Å². The van der Waals surface area contributed by atoms with Gasteiger partial charge in [0.15, 0.2) is 12.2 Å². The maximum absolute atomic E-state index is 11.1. The summed E-state index contributed by atoms with van der Waals surface area (Å²) in [6, 6.07) is 0. The van der Waals surface area contributed by atoms with Gasteiger partial charge in [-0.05, 0) is 13.8 Å². The van der Waals surface area contributed by atoms with Crippen molar-refractivity contribution in [3.63, 3.8) is 0 Å². The second-order valence-corrected chi connectivity index (χ2v) is 6.87. The summed E-state index contributed by atoms with van der Waals surface area (Å²) in [4.78, 5) is 32.9. The van der Waals surface area contributed by atoms with Gasteiger partial charge < -0.3 is 39.0 Å². The number of carbonyl (C=O) groups is 3. The lowest BCUT2D eigenvalue weighted by atomic mass is 10.1. The molecule has 2 heterocycles. The molecule has 168 valence electrons. The Labute approximate surface area is 168 Å². The van der Waals surface area contributed by atoms with Crippen molar-refractivity contribution in [1.82, 2.24) is 0 Å². The van der Waals surface area contributed by atoms with E-state index in [1.165, 1.54) is 20.8 Å². The number of hydrogen-bond acceptors (Lipinski definition) is 11. The highest BCUT2D eigenvalue weighted by atomic mass is 16.6. The third kappa shape index (κ3) is 7.52. The van der Waals surface area contributed by atoms with Crippen LogP contribution in [0.3, 0.4) is 0 Å². The summed E-state index contributed by atoms with van der Waals surface area (Å²) >= 11 is 0. The summed E-state index contributed by atoms with van der Waals surface area (Å²) in [5.41, 5.74) is 0. The smallest absolute Gasteiger partial charge is 0.303 e. The largest absolute Gasteiger partial charge is 0.463 e. The van der Waals surface area contributed by atoms with E-state index in [2.05, 4.69) is 0 Å². The molecule has 2 aliphatic rings. The quantitative estimate of drug-likeness (QED) is 0.357. The minimum absolute atomic E-state index is 0.0601. The molecule has 2 aliphatic heterocycles. The van der Waals surface area contributed by atoms with E-state index in [0.29, 0.717) is 0 Å². The number of rotatable bonds is 5. The topological polar surface area (TPSA) is 158 Å². The Kier molecular flexibility index (Phi) is 9.93. The van der Waals surface area contributed by atoms with Crippen molar-refractivity contribution in [2.24, 2.45) is 0 Å². The summed E-state index contributed by atoms with van der Waals surface area (Å²) in [6.07, 6.45) is -5.40. The lowest BCUT2D eigenvalue weighted by Crippen LogP contribution is -2.40. The first-order chi connectivity index (χ1) is 13.5. The van der Waals surface area contributed by atoms with Gasteiger partial charge in [0.25, 0.3) is 0 Å². The molecule has 2 fully saturated rings. The van der Waals surface area contributed by atoms with Gasteiger partial charge in [-0.25, -0.2) is 0 Å². The molecule has 1 unspecified atom stereocenters. The molecule has 0 aliphatic carbocycles. The molecule has 2 rings (SSSR count). The molecule has 3 N–H and O–H groups in total. The van der Waals surface area contributed by atoms with Gasteiger partial charge in [0.2, 0.25) is 0 Å². The van der Waals surface area contributed by atoms with Crippen molar-refractivity contribution >= 4 is 17.9 Å². The molecule has 2 saturated heterocycles. The van der Waals surface area contributed by atoms with Gasteiger partial charge >= 0.3 is 17.9 Å². The van der Waals surface area contributed by atoms with Crippen LogP contribution >= 0.6 is 0 Å². The Morgan fingerprint density at radius 3 is 1.69 bits per heavy atom. The van der Waals surface area contributed by atoms with Gasteiger partial charge in [-0.1, -0.05) is 0 Å². The van der Waals surface area contributed by atoms with Gasteiger partial charge in [0, 0.05) is 20.8 Å². The van der Waals surface area contributed by atoms with E-state index < -0.39 is 60.6 Å². The second-order valence-electron chi connectivity index (χ2n) is 6.87. The maximum Gasteiger partial charge on any atom is 0.303 e. The molecule has 8 atom stereocenters. The molecule has 0 aromatic rings. The molecule has 0 saturated carbocycles. The fourth-order valence-corrected chi connectivity index (χ4v) is 3.02. The fraction of sp³-hybridized carbons (Fsp3) is 0.833. The summed E-state index contributed by atoms with van der Waals surface area (Å²) in [5.74, 6) is -1.48. The summed E-state index contributed by atoms with van der Waals surface area (Å²) < 4.78 is 25.5. The highest BCUT2D eigenvalue weighted by molar-refractivity contribution is 5.68. The fourth-order valence-electron chi connectivity index (χ4n) is 3.02. The molecule has 0 bridgehead atoms. The number of ether oxygens (including phenoxy) is 5. The number of esters is 3. The lowest BCUT2D eigenvalue weighted by Gasteiger charge is -2.22. The highest BCUT2D eigenvalue weighted by Gasteiger charge is 2.47. The molecule has 0 aromatic heterocycles. The van der Waals surface area contributed by atoms with Crippen LogP contribution < -0.4 is 0 Å². The summed E-state index contributed by atoms with van der Waals surface area (Å²) in [6.45, 7) is 6.82. The molecule has 0 spiro atoms. The van der Waals surface area contributed by atoms with E-state index >= 15 is 0 Å². The first-order valence-electron chi connectivity index (χ1n) is 9.23. The second kappa shape index (κ2) is 11.4. The third-order valence-corrected chi connectivity index (χ3v) is 4.38. The summed E-state index contributed by atoms with van der Waals surface area (Å²) in [5, 5.41) is 26.8. The number of carbonyl (C=O) groups excluding carboxylic acids is 3. The average Bonchev–Trinajstić information content (AvgIpc) is 3.04. The molecular formula is C18H30O11. The number of hydrogen-bond donors (Lipinski definition) is 3. The van der Waals surface area contributed by atoms with Crippen molar-refractivity contribution in [2.45, 2.75) is 83.5 Å². The van der Waals surface area contributed by atoms with E-state index in [1.807, 2.05) is 0 Å². The predicted molar refractivity (Wildman–Crippen MR) is 95.5 cm³/mol. The van der Waals surface area contributed by atoms with Gasteiger partial charge in [0.1, 0.15) is 31.0 Å². The Balaban J connectivity index is 0.000000352. The number of aliphatic hydroxyl groups excluding tert-OH is 3. The third-order valence-electron chi connectivity index (χ3n) is 4.38. The van der Waals surface area contributed by atoms with Gasteiger partial charge in [0.05, 0.1) is 18.8 Å². The SMILES string of the molecule is CC(=O)OC[C@@H]1OC(C)[C@@H](OC(C)=O)[C@H]1OC(C)=O.C[C@@H]1O[C@@H](CO)[C@H](O)[C@@H]1O. The Morgan fingerprint density at radius 2 is 1.31 bits per heavy atom. The monoisotopic (exact) mass is 422 g/mol. The van der Waals surface area contributed by atoms with Gasteiger partial charge in [-0.15, -0.1) is 0 Å². The molecule has 11 heteroatoms. The minimum atomic E-state index is -0.944. The van der Waals surface area contributed by atoms with Gasteiger partial charge in [-0.2, -0.15) is 0 Å². The Hall–Kier alpha value is -1.79. The molecule has 0 amide bonds. The standard InChI is InChI=1S/C12H18O7.C6H12O4/c1-6-11(18-8(3)14)12(19-9(4)15)10(17-6)5-16-7(2)13;1-3-5(8)6(9)4(2-7)10-3/h6,10-12H,5H2,1-4H3;3-9H,2H2,1H3/t6?,10-,11+,12-;3-,4-,5+,6-/m00/s1. The van der Waals surface area contributed by atoms with Crippen LogP contribution in [0.25, 0.3) is 0 Å². The number of aliphatic hydroxyl groups is 3. The predicted octanol–water partition coefficient (Wildman–Crippen LogP) is -1.31. The molecular weight excluding hydrogens is 392 g/mol. The van der Waals surface area contributed by atoms with E-state index in [1.54, 1.807) is 13.8 Å². The average molecular weight is 422 g/mol. The van der Waals surface area contributed by atoms with Crippen molar-refractivity contribution in [3.05, 3.63) is 0 Å². The van der Waals surface area contributed by atoms with Crippen molar-refractivity contribution < 1.29 is 53.4 Å². The van der Waals surface area contributed by atoms with Crippen LogP contribution in [0.5, 0.6) is 0 Å². The van der Waals surface area contributed by atoms with Crippen LogP contribution in [0.1, 0.15) is 34.6 Å². The Bertz CT molecular complexity index is 566. The van der Waals surface area contributed by atoms with Crippen LogP contribution in [0.15, 0.2) is 0 Å². The van der Waals surface area contributed by atoms with Crippen molar-refractivity contribution in [2.75, 3.05) is 13.2 Å². The van der Waals surface area contributed by atoms with Crippen molar-refractivity contribution in [3.8, 4) is 0 Å². The molecule has 11 nitrogen and oxygen atoms in total. The van der Waals surface area contributed by atoms with E-state index in [4.69, 9.17) is 39.0 Å². The maximum atomic E-state index is 11.1. The van der Waals surface area contributed by atoms with Crippen molar-refractivity contribution in [1.29, 1.82) is 0 Å². The minimum Gasteiger partial charge on any atom is -0.463 e. The van der Waals surface area contributed by atoms with Crippen LogP contribution in [-0.2, 0) is 38.1 Å². The molecule has 0 radical (unpaired) electrons. The first-order valence-corrected chi connectivity index (χ1v) is 9.23.